The van der Waals surface area contributed by atoms with Crippen molar-refractivity contribution in [2.75, 3.05) is 0 Å². The van der Waals surface area contributed by atoms with Crippen LogP contribution in [-0.4, -0.2) is 10.1 Å². The quantitative estimate of drug-likeness (QED) is 0.556. The van der Waals surface area contributed by atoms with Crippen molar-refractivity contribution in [3.8, 4) is 11.1 Å². The summed E-state index contributed by atoms with van der Waals surface area (Å²) >= 11 is 0. The summed E-state index contributed by atoms with van der Waals surface area (Å²) in [6.07, 6.45) is 3.49. The molecule has 0 radical (unpaired) electrons. The Hall–Kier alpha value is -3.23. The third kappa shape index (κ3) is 2.34. The molecule has 0 amide bonds. The molecule has 5 rings (SSSR count). The largest absolute Gasteiger partial charge is 0.379 e. The summed E-state index contributed by atoms with van der Waals surface area (Å²) in [4.78, 5) is 4.16. The van der Waals surface area contributed by atoms with Gasteiger partial charge in [0, 0.05) is 18.3 Å². The highest BCUT2D eigenvalue weighted by molar-refractivity contribution is 5.80. The molecule has 0 bridgehead atoms. The summed E-state index contributed by atoms with van der Waals surface area (Å²) in [6, 6.07) is 30.6. The molecule has 1 atom stereocenters. The standard InChI is InChI=1S/C25H19NO/c27-25(18-8-2-1-3-9-18,19-14-16-26-17-15-19)24-22-12-6-4-10-20(22)21-11-5-7-13-23(21)24/h1-17,24,27H. The topological polar surface area (TPSA) is 33.1 Å². The number of nitrogens with zero attached hydrogens (tertiary/aromatic N) is 1. The van der Waals surface area contributed by atoms with Gasteiger partial charge >= 0.3 is 0 Å². The van der Waals surface area contributed by atoms with E-state index in [-0.39, 0.29) is 5.92 Å². The maximum atomic E-state index is 12.3. The summed E-state index contributed by atoms with van der Waals surface area (Å²) in [7, 11) is 0. The lowest BCUT2D eigenvalue weighted by molar-refractivity contribution is 0.0637. The minimum Gasteiger partial charge on any atom is -0.379 e. The first-order valence-electron chi connectivity index (χ1n) is 9.17. The van der Waals surface area contributed by atoms with Crippen LogP contribution in [0.25, 0.3) is 11.1 Å². The van der Waals surface area contributed by atoms with E-state index in [9.17, 15) is 5.11 Å². The molecule has 130 valence electrons. The average molecular weight is 349 g/mol. The van der Waals surface area contributed by atoms with Gasteiger partial charge in [0.2, 0.25) is 0 Å². The van der Waals surface area contributed by atoms with Gasteiger partial charge in [0.05, 0.1) is 0 Å². The van der Waals surface area contributed by atoms with Gasteiger partial charge in [-0.25, -0.2) is 0 Å². The third-order valence-corrected chi connectivity index (χ3v) is 5.59. The van der Waals surface area contributed by atoms with Crippen LogP contribution in [0.5, 0.6) is 0 Å². The van der Waals surface area contributed by atoms with Crippen molar-refractivity contribution in [3.63, 3.8) is 0 Å². The van der Waals surface area contributed by atoms with Gasteiger partial charge in [-0.2, -0.15) is 0 Å². The summed E-state index contributed by atoms with van der Waals surface area (Å²) in [5.74, 6) is -0.185. The number of pyridine rings is 1. The molecule has 1 unspecified atom stereocenters. The lowest BCUT2D eigenvalue weighted by atomic mass is 9.72. The van der Waals surface area contributed by atoms with Crippen LogP contribution in [0.15, 0.2) is 103 Å². The Labute approximate surface area is 158 Å². The molecule has 1 N–H and O–H groups in total. The molecule has 3 aromatic carbocycles. The predicted octanol–water partition coefficient (Wildman–Crippen LogP) is 5.13. The molecule has 1 aromatic heterocycles. The number of aromatic nitrogens is 1. The van der Waals surface area contributed by atoms with Gasteiger partial charge in [0.15, 0.2) is 0 Å². The highest BCUT2D eigenvalue weighted by Crippen LogP contribution is 2.54. The predicted molar refractivity (Wildman–Crippen MR) is 107 cm³/mol. The first-order valence-corrected chi connectivity index (χ1v) is 9.17. The zero-order chi connectivity index (χ0) is 18.3. The van der Waals surface area contributed by atoms with Crippen molar-refractivity contribution >= 4 is 0 Å². The van der Waals surface area contributed by atoms with Crippen molar-refractivity contribution in [3.05, 3.63) is 126 Å². The summed E-state index contributed by atoms with van der Waals surface area (Å²) in [6.45, 7) is 0. The Kier molecular flexibility index (Phi) is 3.66. The molecule has 2 nitrogen and oxygen atoms in total. The molecule has 0 saturated carbocycles. The lowest BCUT2D eigenvalue weighted by Crippen LogP contribution is -2.34. The molecule has 2 heteroatoms. The molecule has 1 heterocycles. The fourth-order valence-corrected chi connectivity index (χ4v) is 4.40. The van der Waals surface area contributed by atoms with Crippen molar-refractivity contribution in [2.45, 2.75) is 11.5 Å². The summed E-state index contributed by atoms with van der Waals surface area (Å²) in [5.41, 5.74) is 5.24. The Balaban J connectivity index is 1.84. The van der Waals surface area contributed by atoms with Gasteiger partial charge in [-0.3, -0.25) is 4.98 Å². The fourth-order valence-electron chi connectivity index (χ4n) is 4.40. The van der Waals surface area contributed by atoms with Gasteiger partial charge in [-0.05, 0) is 45.5 Å². The van der Waals surface area contributed by atoms with Crippen LogP contribution >= 0.6 is 0 Å². The minimum atomic E-state index is -1.19. The van der Waals surface area contributed by atoms with Gasteiger partial charge in [0.25, 0.3) is 0 Å². The number of benzene rings is 3. The number of fused-ring (bicyclic) bond motifs is 3. The van der Waals surface area contributed by atoms with Gasteiger partial charge in [0.1, 0.15) is 5.60 Å². The molecular formula is C25H19NO. The smallest absolute Gasteiger partial charge is 0.126 e. The monoisotopic (exact) mass is 349 g/mol. The van der Waals surface area contributed by atoms with Crippen molar-refractivity contribution in [1.29, 1.82) is 0 Å². The van der Waals surface area contributed by atoms with Crippen LogP contribution in [0.2, 0.25) is 0 Å². The van der Waals surface area contributed by atoms with E-state index in [0.717, 1.165) is 22.3 Å². The molecule has 0 aliphatic heterocycles. The van der Waals surface area contributed by atoms with E-state index in [4.69, 9.17) is 0 Å². The molecule has 27 heavy (non-hydrogen) atoms. The van der Waals surface area contributed by atoms with E-state index < -0.39 is 5.60 Å². The number of rotatable bonds is 3. The number of hydrogen-bond acceptors (Lipinski definition) is 2. The highest BCUT2D eigenvalue weighted by atomic mass is 16.3. The van der Waals surface area contributed by atoms with Crippen molar-refractivity contribution in [1.82, 2.24) is 4.98 Å². The van der Waals surface area contributed by atoms with Crippen LogP contribution < -0.4 is 0 Å². The Morgan fingerprint density at radius 2 is 1.07 bits per heavy atom. The van der Waals surface area contributed by atoms with Crippen LogP contribution in [0.1, 0.15) is 28.2 Å². The second-order valence-electron chi connectivity index (χ2n) is 6.98. The van der Waals surface area contributed by atoms with Gasteiger partial charge in [-0.15, -0.1) is 0 Å². The summed E-state index contributed by atoms with van der Waals surface area (Å²) in [5, 5.41) is 12.3. The molecule has 0 saturated heterocycles. The highest BCUT2D eigenvalue weighted by Gasteiger charge is 2.46. The maximum absolute atomic E-state index is 12.3. The molecular weight excluding hydrogens is 330 g/mol. The Bertz CT molecular complexity index is 1000. The molecule has 1 aliphatic carbocycles. The van der Waals surface area contributed by atoms with Gasteiger partial charge < -0.3 is 5.11 Å². The van der Waals surface area contributed by atoms with E-state index in [2.05, 4.69) is 53.5 Å². The van der Waals surface area contributed by atoms with Crippen LogP contribution in [-0.2, 0) is 5.60 Å². The molecule has 4 aromatic rings. The van der Waals surface area contributed by atoms with Crippen molar-refractivity contribution in [2.24, 2.45) is 0 Å². The van der Waals surface area contributed by atoms with Gasteiger partial charge in [-0.1, -0.05) is 78.9 Å². The molecule has 0 fully saturated rings. The second-order valence-corrected chi connectivity index (χ2v) is 6.98. The van der Waals surface area contributed by atoms with Crippen molar-refractivity contribution < 1.29 is 5.11 Å². The lowest BCUT2D eigenvalue weighted by Gasteiger charge is -2.36. The van der Waals surface area contributed by atoms with E-state index >= 15 is 0 Å². The zero-order valence-electron chi connectivity index (χ0n) is 14.8. The zero-order valence-corrected chi connectivity index (χ0v) is 14.8. The Morgan fingerprint density at radius 1 is 0.593 bits per heavy atom. The average Bonchev–Trinajstić information content (AvgIpc) is 3.09. The van der Waals surface area contributed by atoms with E-state index in [1.165, 1.54) is 11.1 Å². The van der Waals surface area contributed by atoms with E-state index in [1.54, 1.807) is 12.4 Å². The first kappa shape index (κ1) is 16.0. The molecule has 0 spiro atoms. The van der Waals surface area contributed by atoms with Crippen LogP contribution in [0.3, 0.4) is 0 Å². The summed E-state index contributed by atoms with van der Waals surface area (Å²) < 4.78 is 0. The SMILES string of the molecule is OC(c1ccccc1)(c1ccncc1)C1c2ccccc2-c2ccccc21. The molecule has 1 aliphatic rings. The number of hydrogen-bond donors (Lipinski definition) is 1. The second kappa shape index (κ2) is 6.19. The normalized spacial score (nSPS) is 15.0. The fraction of sp³-hybridized carbons (Fsp3) is 0.0800. The minimum absolute atomic E-state index is 0.185. The maximum Gasteiger partial charge on any atom is 0.126 e. The first-order chi connectivity index (χ1) is 13.3. The third-order valence-electron chi connectivity index (χ3n) is 5.59. The number of aliphatic hydroxyl groups is 1. The van der Waals surface area contributed by atoms with Crippen LogP contribution in [0, 0.1) is 0 Å². The van der Waals surface area contributed by atoms with E-state index in [1.807, 2.05) is 42.5 Å². The van der Waals surface area contributed by atoms with E-state index in [0.29, 0.717) is 0 Å². The Morgan fingerprint density at radius 3 is 1.67 bits per heavy atom. The van der Waals surface area contributed by atoms with Crippen LogP contribution in [0.4, 0.5) is 0 Å².